The van der Waals surface area contributed by atoms with Gasteiger partial charge in [-0.1, -0.05) is 28.9 Å². The van der Waals surface area contributed by atoms with E-state index in [4.69, 9.17) is 5.11 Å². The van der Waals surface area contributed by atoms with Crippen LogP contribution in [0.15, 0.2) is 28.7 Å². The number of aliphatic carboxylic acids is 1. The van der Waals surface area contributed by atoms with E-state index in [0.717, 1.165) is 4.47 Å². The van der Waals surface area contributed by atoms with E-state index in [0.29, 0.717) is 25.1 Å². The fraction of sp³-hybridized carbons (Fsp3) is 0.429. The van der Waals surface area contributed by atoms with E-state index in [9.17, 15) is 9.59 Å². The molecule has 4 nitrogen and oxygen atoms in total. The summed E-state index contributed by atoms with van der Waals surface area (Å²) in [6, 6.07) is 7.18. The van der Waals surface area contributed by atoms with E-state index in [1.807, 2.05) is 13.0 Å². The Kier molecular flexibility index (Phi) is 4.24. The third kappa shape index (κ3) is 3.35. The first-order chi connectivity index (χ1) is 8.97. The maximum Gasteiger partial charge on any atom is 0.308 e. The SMILES string of the molecule is CC1CC(C(=O)O)CN(C(=O)c2cccc(Br)c2)C1. The molecule has 0 saturated carbocycles. The number of likely N-dealkylation sites (tertiary alicyclic amines) is 1. The van der Waals surface area contributed by atoms with Gasteiger partial charge in [0.1, 0.15) is 0 Å². The second kappa shape index (κ2) is 5.74. The summed E-state index contributed by atoms with van der Waals surface area (Å²) in [7, 11) is 0. The molecule has 1 aliphatic rings. The lowest BCUT2D eigenvalue weighted by Gasteiger charge is -2.34. The Labute approximate surface area is 120 Å². The summed E-state index contributed by atoms with van der Waals surface area (Å²) in [5.74, 6) is -1.16. The third-order valence-corrected chi connectivity index (χ3v) is 3.86. The van der Waals surface area contributed by atoms with Crippen molar-refractivity contribution in [3.63, 3.8) is 0 Å². The van der Waals surface area contributed by atoms with Crippen LogP contribution in [0.2, 0.25) is 0 Å². The van der Waals surface area contributed by atoms with Gasteiger partial charge in [-0.05, 0) is 30.5 Å². The van der Waals surface area contributed by atoms with Gasteiger partial charge in [-0.3, -0.25) is 9.59 Å². The number of amides is 1. The molecule has 102 valence electrons. The van der Waals surface area contributed by atoms with Crippen molar-refractivity contribution in [2.75, 3.05) is 13.1 Å². The summed E-state index contributed by atoms with van der Waals surface area (Å²) >= 11 is 3.34. The van der Waals surface area contributed by atoms with Gasteiger partial charge in [-0.2, -0.15) is 0 Å². The Morgan fingerprint density at radius 2 is 2.11 bits per heavy atom. The average molecular weight is 326 g/mol. The Bertz CT molecular complexity index is 503. The largest absolute Gasteiger partial charge is 0.481 e. The molecule has 1 fully saturated rings. The number of hydrogen-bond donors (Lipinski definition) is 1. The van der Waals surface area contributed by atoms with Gasteiger partial charge in [-0.15, -0.1) is 0 Å². The number of carbonyl (C=O) groups excluding carboxylic acids is 1. The van der Waals surface area contributed by atoms with E-state index in [1.165, 1.54) is 0 Å². The number of carboxylic acid groups (broad SMARTS) is 1. The smallest absolute Gasteiger partial charge is 0.308 e. The van der Waals surface area contributed by atoms with Crippen molar-refractivity contribution in [3.05, 3.63) is 34.3 Å². The van der Waals surface area contributed by atoms with Crippen LogP contribution in [0.5, 0.6) is 0 Å². The van der Waals surface area contributed by atoms with Crippen LogP contribution in [0.25, 0.3) is 0 Å². The second-order valence-corrected chi connectivity index (χ2v) is 6.01. The second-order valence-electron chi connectivity index (χ2n) is 5.10. The van der Waals surface area contributed by atoms with Gasteiger partial charge in [0.25, 0.3) is 5.91 Å². The normalized spacial score (nSPS) is 23.2. The van der Waals surface area contributed by atoms with Crippen LogP contribution in [0.1, 0.15) is 23.7 Å². The zero-order valence-corrected chi connectivity index (χ0v) is 12.3. The van der Waals surface area contributed by atoms with Crippen molar-refractivity contribution in [3.8, 4) is 0 Å². The molecule has 1 amide bonds. The topological polar surface area (TPSA) is 57.6 Å². The summed E-state index contributed by atoms with van der Waals surface area (Å²) in [4.78, 5) is 25.1. The fourth-order valence-corrected chi connectivity index (χ4v) is 2.90. The molecular formula is C14H16BrNO3. The molecule has 0 aliphatic carbocycles. The van der Waals surface area contributed by atoms with Gasteiger partial charge >= 0.3 is 5.97 Å². The van der Waals surface area contributed by atoms with Crippen LogP contribution in [0, 0.1) is 11.8 Å². The van der Waals surface area contributed by atoms with Gasteiger partial charge in [0.2, 0.25) is 0 Å². The number of carboxylic acids is 1. The number of nitrogens with zero attached hydrogens (tertiary/aromatic N) is 1. The molecule has 0 bridgehead atoms. The van der Waals surface area contributed by atoms with E-state index >= 15 is 0 Å². The van der Waals surface area contributed by atoms with Crippen molar-refractivity contribution >= 4 is 27.8 Å². The van der Waals surface area contributed by atoms with Crippen molar-refractivity contribution in [2.24, 2.45) is 11.8 Å². The predicted octanol–water partition coefficient (Wildman–Crippen LogP) is 2.63. The molecule has 1 aromatic rings. The van der Waals surface area contributed by atoms with Crippen LogP contribution in [0.4, 0.5) is 0 Å². The summed E-state index contributed by atoms with van der Waals surface area (Å²) in [6.45, 7) is 2.90. The molecule has 2 rings (SSSR count). The Hall–Kier alpha value is -1.36. The number of benzene rings is 1. The zero-order valence-electron chi connectivity index (χ0n) is 10.7. The monoisotopic (exact) mass is 325 g/mol. The average Bonchev–Trinajstić information content (AvgIpc) is 2.37. The molecule has 1 saturated heterocycles. The van der Waals surface area contributed by atoms with Crippen LogP contribution >= 0.6 is 15.9 Å². The molecule has 2 unspecified atom stereocenters. The Morgan fingerprint density at radius 3 is 2.74 bits per heavy atom. The molecule has 1 N–H and O–H groups in total. The molecule has 1 heterocycles. The molecule has 1 aliphatic heterocycles. The molecule has 0 aromatic heterocycles. The molecule has 1 aromatic carbocycles. The van der Waals surface area contributed by atoms with Gasteiger partial charge in [-0.25, -0.2) is 0 Å². The van der Waals surface area contributed by atoms with Gasteiger partial charge in [0.15, 0.2) is 0 Å². The Balaban J connectivity index is 2.16. The Morgan fingerprint density at radius 1 is 1.37 bits per heavy atom. The summed E-state index contributed by atoms with van der Waals surface area (Å²) in [5.41, 5.74) is 0.590. The lowest BCUT2D eigenvalue weighted by molar-refractivity contribution is -0.143. The number of hydrogen-bond acceptors (Lipinski definition) is 2. The van der Waals surface area contributed by atoms with Crippen LogP contribution in [0.3, 0.4) is 0 Å². The minimum atomic E-state index is -0.821. The first-order valence-electron chi connectivity index (χ1n) is 6.25. The lowest BCUT2D eigenvalue weighted by Crippen LogP contribution is -2.45. The van der Waals surface area contributed by atoms with E-state index in [1.54, 1.807) is 23.1 Å². The van der Waals surface area contributed by atoms with E-state index in [2.05, 4.69) is 15.9 Å². The van der Waals surface area contributed by atoms with Crippen molar-refractivity contribution in [1.29, 1.82) is 0 Å². The van der Waals surface area contributed by atoms with E-state index in [-0.39, 0.29) is 11.8 Å². The van der Waals surface area contributed by atoms with Crippen molar-refractivity contribution in [1.82, 2.24) is 4.90 Å². The van der Waals surface area contributed by atoms with Crippen molar-refractivity contribution < 1.29 is 14.7 Å². The summed E-state index contributed by atoms with van der Waals surface area (Å²) in [5, 5.41) is 9.12. The highest BCUT2D eigenvalue weighted by Gasteiger charge is 2.32. The summed E-state index contributed by atoms with van der Waals surface area (Å²) < 4.78 is 0.846. The third-order valence-electron chi connectivity index (χ3n) is 3.37. The van der Waals surface area contributed by atoms with Crippen LogP contribution in [-0.2, 0) is 4.79 Å². The highest BCUT2D eigenvalue weighted by molar-refractivity contribution is 9.10. The molecular weight excluding hydrogens is 310 g/mol. The van der Waals surface area contributed by atoms with E-state index < -0.39 is 11.9 Å². The maximum absolute atomic E-state index is 12.4. The number of halogens is 1. The maximum atomic E-state index is 12.4. The molecule has 2 atom stereocenters. The fourth-order valence-electron chi connectivity index (χ4n) is 2.50. The predicted molar refractivity (Wildman–Crippen MR) is 75.0 cm³/mol. The minimum absolute atomic E-state index is 0.0981. The highest BCUT2D eigenvalue weighted by atomic mass is 79.9. The molecule has 0 radical (unpaired) electrons. The minimum Gasteiger partial charge on any atom is -0.481 e. The number of piperidine rings is 1. The number of carbonyl (C=O) groups is 2. The first-order valence-corrected chi connectivity index (χ1v) is 7.04. The zero-order chi connectivity index (χ0) is 14.0. The summed E-state index contributed by atoms with van der Waals surface area (Å²) in [6.07, 6.45) is 0.637. The van der Waals surface area contributed by atoms with Crippen molar-refractivity contribution in [2.45, 2.75) is 13.3 Å². The highest BCUT2D eigenvalue weighted by Crippen LogP contribution is 2.24. The van der Waals surface area contributed by atoms with Crippen LogP contribution < -0.4 is 0 Å². The molecule has 19 heavy (non-hydrogen) atoms. The first kappa shape index (κ1) is 14.1. The molecule has 5 heteroatoms. The number of rotatable bonds is 2. The van der Waals surface area contributed by atoms with Gasteiger partial charge < -0.3 is 10.0 Å². The van der Waals surface area contributed by atoms with Gasteiger partial charge in [0, 0.05) is 23.1 Å². The quantitative estimate of drug-likeness (QED) is 0.909. The van der Waals surface area contributed by atoms with Gasteiger partial charge in [0.05, 0.1) is 5.92 Å². The lowest BCUT2D eigenvalue weighted by atomic mass is 9.90. The molecule has 0 spiro atoms. The van der Waals surface area contributed by atoms with Crippen LogP contribution in [-0.4, -0.2) is 35.0 Å². The standard InChI is InChI=1S/C14H16BrNO3/c1-9-5-11(14(18)19)8-16(7-9)13(17)10-3-2-4-12(15)6-10/h2-4,6,9,11H,5,7-8H2,1H3,(H,18,19).